The van der Waals surface area contributed by atoms with Gasteiger partial charge in [0.05, 0.1) is 6.04 Å². The van der Waals surface area contributed by atoms with E-state index in [1.54, 1.807) is 0 Å². The second-order valence-corrected chi connectivity index (χ2v) is 10.0. The summed E-state index contributed by atoms with van der Waals surface area (Å²) in [4.78, 5) is 18.4. The Morgan fingerprint density at radius 3 is 2.18 bits per heavy atom. The lowest BCUT2D eigenvalue weighted by atomic mass is 9.51. The number of benzene rings is 1. The Kier molecular flexibility index (Phi) is 5.18. The van der Waals surface area contributed by atoms with Gasteiger partial charge in [-0.3, -0.25) is 9.69 Å². The minimum atomic E-state index is 0.106. The van der Waals surface area contributed by atoms with Crippen molar-refractivity contribution >= 4 is 5.91 Å². The van der Waals surface area contributed by atoms with Gasteiger partial charge in [-0.15, -0.1) is 0 Å². The molecule has 1 atom stereocenters. The van der Waals surface area contributed by atoms with Crippen LogP contribution in [0.15, 0.2) is 30.3 Å². The third kappa shape index (κ3) is 3.73. The van der Waals surface area contributed by atoms with Gasteiger partial charge in [-0.25, -0.2) is 0 Å². The Balaban J connectivity index is 1.29. The van der Waals surface area contributed by atoms with Crippen LogP contribution in [0.4, 0.5) is 0 Å². The molecular weight excluding hydrogens is 346 g/mol. The summed E-state index contributed by atoms with van der Waals surface area (Å²) >= 11 is 0. The molecule has 28 heavy (non-hydrogen) atoms. The summed E-state index contributed by atoms with van der Waals surface area (Å²) in [6, 6.07) is 10.7. The molecule has 1 N–H and O–H groups in total. The van der Waals surface area contributed by atoms with Crippen molar-refractivity contribution in [2.24, 2.45) is 29.6 Å². The minimum absolute atomic E-state index is 0.106. The lowest BCUT2D eigenvalue weighted by Crippen LogP contribution is -2.53. The SMILES string of the molecule is CN1CCN(CC(NC(=O)C2C3CC4CC(C3)CC2C4)c2ccccc2)CC1. The number of carbonyl (C=O) groups is 1. The molecule has 6 rings (SSSR count). The van der Waals surface area contributed by atoms with Crippen molar-refractivity contribution in [3.05, 3.63) is 35.9 Å². The van der Waals surface area contributed by atoms with Crippen LogP contribution < -0.4 is 5.32 Å². The Bertz CT molecular complexity index is 654. The topological polar surface area (TPSA) is 35.6 Å². The van der Waals surface area contributed by atoms with Gasteiger partial charge < -0.3 is 10.2 Å². The molecule has 0 aromatic heterocycles. The Morgan fingerprint density at radius 2 is 1.57 bits per heavy atom. The molecule has 4 aliphatic carbocycles. The summed E-state index contributed by atoms with van der Waals surface area (Å²) in [5, 5.41) is 3.53. The molecule has 0 radical (unpaired) electrons. The van der Waals surface area contributed by atoms with Gasteiger partial charge in [0.25, 0.3) is 0 Å². The summed E-state index contributed by atoms with van der Waals surface area (Å²) in [5.41, 5.74) is 1.25. The lowest BCUT2D eigenvalue weighted by Gasteiger charge is -2.53. The van der Waals surface area contributed by atoms with Crippen molar-refractivity contribution in [1.82, 2.24) is 15.1 Å². The monoisotopic (exact) mass is 381 g/mol. The molecule has 152 valence electrons. The molecule has 4 heteroatoms. The van der Waals surface area contributed by atoms with Crippen LogP contribution in [0.5, 0.6) is 0 Å². The predicted octanol–water partition coefficient (Wildman–Crippen LogP) is 3.16. The number of likely N-dealkylation sites (N-methyl/N-ethyl adjacent to an activating group) is 1. The van der Waals surface area contributed by atoms with E-state index in [2.05, 4.69) is 52.5 Å². The zero-order valence-corrected chi connectivity index (χ0v) is 17.2. The molecule has 4 saturated carbocycles. The molecule has 4 bridgehead atoms. The maximum Gasteiger partial charge on any atom is 0.224 e. The summed E-state index contributed by atoms with van der Waals surface area (Å²) in [6.07, 6.45) is 6.66. The standard InChI is InChI=1S/C24H35N3O/c1-26-7-9-27(10-8-26)16-22(19-5-3-2-4-6-19)25-24(28)23-20-12-17-11-18(14-20)15-21(23)13-17/h2-6,17-18,20-23H,7-16H2,1H3,(H,25,28). The van der Waals surface area contributed by atoms with Crippen molar-refractivity contribution in [2.45, 2.75) is 38.1 Å². The average molecular weight is 382 g/mol. The molecule has 0 spiro atoms. The largest absolute Gasteiger partial charge is 0.348 e. The smallest absolute Gasteiger partial charge is 0.224 e. The maximum atomic E-state index is 13.5. The molecule has 1 amide bonds. The Hall–Kier alpha value is -1.39. The summed E-state index contributed by atoms with van der Waals surface area (Å²) in [6.45, 7) is 5.34. The van der Waals surface area contributed by atoms with E-state index in [4.69, 9.17) is 0 Å². The number of hydrogen-bond acceptors (Lipinski definition) is 3. The molecule has 1 heterocycles. The third-order valence-corrected chi connectivity index (χ3v) is 8.08. The normalized spacial score (nSPS) is 36.4. The molecule has 1 aliphatic heterocycles. The van der Waals surface area contributed by atoms with Crippen LogP contribution in [-0.4, -0.2) is 55.5 Å². The van der Waals surface area contributed by atoms with Crippen molar-refractivity contribution in [3.8, 4) is 0 Å². The summed E-state index contributed by atoms with van der Waals surface area (Å²) in [5.74, 6) is 3.75. The lowest BCUT2D eigenvalue weighted by molar-refractivity contribution is -0.139. The summed E-state index contributed by atoms with van der Waals surface area (Å²) in [7, 11) is 2.19. The van der Waals surface area contributed by atoms with Crippen molar-refractivity contribution < 1.29 is 4.79 Å². The number of piperazine rings is 1. The van der Waals surface area contributed by atoms with Crippen LogP contribution in [0.1, 0.15) is 43.7 Å². The average Bonchev–Trinajstić information content (AvgIpc) is 2.69. The number of rotatable bonds is 5. The van der Waals surface area contributed by atoms with E-state index < -0.39 is 0 Å². The van der Waals surface area contributed by atoms with Gasteiger partial charge in [-0.2, -0.15) is 0 Å². The van der Waals surface area contributed by atoms with E-state index in [0.29, 0.717) is 17.7 Å². The van der Waals surface area contributed by atoms with E-state index in [1.807, 2.05) is 0 Å². The first-order valence-corrected chi connectivity index (χ1v) is 11.4. The van der Waals surface area contributed by atoms with Crippen LogP contribution in [0, 0.1) is 29.6 Å². The number of nitrogens with one attached hydrogen (secondary N) is 1. The van der Waals surface area contributed by atoms with Gasteiger partial charge >= 0.3 is 0 Å². The van der Waals surface area contributed by atoms with Crippen LogP contribution in [0.25, 0.3) is 0 Å². The minimum Gasteiger partial charge on any atom is -0.348 e. The second kappa shape index (κ2) is 7.79. The van der Waals surface area contributed by atoms with E-state index >= 15 is 0 Å². The third-order valence-electron chi connectivity index (χ3n) is 8.08. The molecule has 5 fully saturated rings. The fraction of sp³-hybridized carbons (Fsp3) is 0.708. The number of hydrogen-bond donors (Lipinski definition) is 1. The van der Waals surface area contributed by atoms with Crippen LogP contribution in [0.2, 0.25) is 0 Å². The zero-order valence-electron chi connectivity index (χ0n) is 17.2. The van der Waals surface area contributed by atoms with Crippen LogP contribution in [-0.2, 0) is 4.79 Å². The van der Waals surface area contributed by atoms with Crippen molar-refractivity contribution in [2.75, 3.05) is 39.8 Å². The number of amides is 1. The van der Waals surface area contributed by atoms with Crippen molar-refractivity contribution in [1.29, 1.82) is 0 Å². The zero-order chi connectivity index (χ0) is 19.1. The highest BCUT2D eigenvalue weighted by Crippen LogP contribution is 2.56. The van der Waals surface area contributed by atoms with E-state index in [-0.39, 0.29) is 12.0 Å². The molecule has 1 aromatic rings. The van der Waals surface area contributed by atoms with E-state index in [9.17, 15) is 4.79 Å². The molecule has 1 aromatic carbocycles. The molecule has 1 saturated heterocycles. The van der Waals surface area contributed by atoms with Gasteiger partial charge in [0, 0.05) is 38.6 Å². The van der Waals surface area contributed by atoms with E-state index in [0.717, 1.165) is 44.6 Å². The molecule has 1 unspecified atom stereocenters. The number of carbonyl (C=O) groups excluding carboxylic acids is 1. The fourth-order valence-corrected chi connectivity index (χ4v) is 6.83. The van der Waals surface area contributed by atoms with E-state index in [1.165, 1.54) is 37.7 Å². The fourth-order valence-electron chi connectivity index (χ4n) is 6.83. The first-order chi connectivity index (χ1) is 13.7. The molecule has 4 nitrogen and oxygen atoms in total. The van der Waals surface area contributed by atoms with Crippen LogP contribution >= 0.6 is 0 Å². The summed E-state index contributed by atoms with van der Waals surface area (Å²) < 4.78 is 0. The quantitative estimate of drug-likeness (QED) is 0.851. The highest BCUT2D eigenvalue weighted by Gasteiger charge is 2.50. The van der Waals surface area contributed by atoms with Gasteiger partial charge in [-0.05, 0) is 68.4 Å². The maximum absolute atomic E-state index is 13.5. The highest BCUT2D eigenvalue weighted by atomic mass is 16.2. The first kappa shape index (κ1) is 18.6. The Morgan fingerprint density at radius 1 is 0.964 bits per heavy atom. The Labute approximate surface area is 169 Å². The molecule has 5 aliphatic rings. The van der Waals surface area contributed by atoms with Gasteiger partial charge in [0.15, 0.2) is 0 Å². The van der Waals surface area contributed by atoms with Crippen molar-refractivity contribution in [3.63, 3.8) is 0 Å². The van der Waals surface area contributed by atoms with Gasteiger partial charge in [0.1, 0.15) is 0 Å². The van der Waals surface area contributed by atoms with Gasteiger partial charge in [-0.1, -0.05) is 30.3 Å². The first-order valence-electron chi connectivity index (χ1n) is 11.4. The van der Waals surface area contributed by atoms with Gasteiger partial charge in [0.2, 0.25) is 5.91 Å². The number of nitrogens with zero attached hydrogens (tertiary/aromatic N) is 2. The molecular formula is C24H35N3O. The second-order valence-electron chi connectivity index (χ2n) is 10.0. The van der Waals surface area contributed by atoms with Crippen LogP contribution in [0.3, 0.4) is 0 Å². The highest BCUT2D eigenvalue weighted by molar-refractivity contribution is 5.80. The predicted molar refractivity (Wildman–Crippen MR) is 112 cm³/mol.